The molecule has 0 amide bonds. The van der Waals surface area contributed by atoms with Crippen LogP contribution in [-0.4, -0.2) is 25.2 Å². The molecule has 1 aliphatic heterocycles. The number of ether oxygens (including phenoxy) is 1. The van der Waals surface area contributed by atoms with Crippen molar-refractivity contribution in [1.29, 1.82) is 0 Å². The maximum Gasteiger partial charge on any atom is 0.119 e. The minimum absolute atomic E-state index is 0.618. The van der Waals surface area contributed by atoms with Crippen LogP contribution in [0.5, 0.6) is 5.75 Å². The Bertz CT molecular complexity index is 425. The highest BCUT2D eigenvalue weighted by Crippen LogP contribution is 2.32. The third-order valence-corrected chi connectivity index (χ3v) is 4.95. The van der Waals surface area contributed by atoms with Gasteiger partial charge in [0.05, 0.1) is 6.61 Å². The monoisotopic (exact) mass is 288 g/mol. The first-order valence-electron chi connectivity index (χ1n) is 8.59. The molecule has 0 radical (unpaired) electrons. The van der Waals surface area contributed by atoms with Crippen LogP contribution in [0.3, 0.4) is 0 Å². The lowest BCUT2D eigenvalue weighted by Crippen LogP contribution is -2.43. The zero-order chi connectivity index (χ0) is 14.5. The van der Waals surface area contributed by atoms with Gasteiger partial charge in [0.1, 0.15) is 5.75 Å². The zero-order valence-corrected chi connectivity index (χ0v) is 13.1. The summed E-state index contributed by atoms with van der Waals surface area (Å²) in [4.78, 5) is 0. The van der Waals surface area contributed by atoms with Crippen LogP contribution in [0.1, 0.15) is 45.4 Å². The first kappa shape index (κ1) is 14.7. The largest absolute Gasteiger partial charge is 0.494 e. The Hall–Kier alpha value is -1.22. The van der Waals surface area contributed by atoms with Crippen LogP contribution in [0, 0.1) is 5.92 Å². The number of rotatable bonds is 5. The van der Waals surface area contributed by atoms with Gasteiger partial charge in [-0.1, -0.05) is 12.8 Å². The Balaban J connectivity index is 1.63. The van der Waals surface area contributed by atoms with Crippen molar-refractivity contribution in [2.45, 2.75) is 57.5 Å². The number of hydrogen-bond acceptors (Lipinski definition) is 3. The molecule has 0 aromatic heterocycles. The van der Waals surface area contributed by atoms with E-state index in [0.29, 0.717) is 6.04 Å². The Morgan fingerprint density at radius 1 is 1.10 bits per heavy atom. The van der Waals surface area contributed by atoms with Crippen molar-refractivity contribution in [1.82, 2.24) is 5.32 Å². The fraction of sp³-hybridized carbons (Fsp3) is 0.667. The summed E-state index contributed by atoms with van der Waals surface area (Å²) in [5.41, 5.74) is 1.23. The van der Waals surface area contributed by atoms with Crippen molar-refractivity contribution >= 4 is 5.69 Å². The molecule has 1 aromatic rings. The molecule has 2 fully saturated rings. The van der Waals surface area contributed by atoms with E-state index in [0.717, 1.165) is 24.3 Å². The standard InChI is InChI=1S/C18H28N2O/c1-2-21-15-11-9-14(10-12-15)20-18-7-4-3-6-16(18)17-8-5-13-19-17/h9-12,16-20H,2-8,13H2,1H3. The number of anilines is 1. The molecular formula is C18H28N2O. The lowest BCUT2D eigenvalue weighted by molar-refractivity contribution is 0.262. The van der Waals surface area contributed by atoms with E-state index in [2.05, 4.69) is 34.9 Å². The summed E-state index contributed by atoms with van der Waals surface area (Å²) in [6.07, 6.45) is 8.12. The molecule has 3 unspecified atom stereocenters. The van der Waals surface area contributed by atoms with E-state index in [4.69, 9.17) is 4.74 Å². The second kappa shape index (κ2) is 7.17. The molecule has 1 aliphatic carbocycles. The molecule has 2 N–H and O–H groups in total. The maximum absolute atomic E-state index is 5.52. The van der Waals surface area contributed by atoms with Gasteiger partial charge in [-0.15, -0.1) is 0 Å². The summed E-state index contributed by atoms with van der Waals surface area (Å²) in [5, 5.41) is 7.49. The molecule has 3 rings (SSSR count). The van der Waals surface area contributed by atoms with Crippen LogP contribution < -0.4 is 15.4 Å². The SMILES string of the molecule is CCOc1ccc(NC2CCCCC2C2CCCN2)cc1. The Labute approximate surface area is 128 Å². The van der Waals surface area contributed by atoms with Gasteiger partial charge in [0.2, 0.25) is 0 Å². The van der Waals surface area contributed by atoms with Crippen LogP contribution in [0.15, 0.2) is 24.3 Å². The summed E-state index contributed by atoms with van der Waals surface area (Å²) in [6.45, 7) is 3.95. The van der Waals surface area contributed by atoms with Crippen LogP contribution >= 0.6 is 0 Å². The van der Waals surface area contributed by atoms with Crippen molar-refractivity contribution in [2.75, 3.05) is 18.5 Å². The zero-order valence-electron chi connectivity index (χ0n) is 13.1. The van der Waals surface area contributed by atoms with Gasteiger partial charge in [-0.25, -0.2) is 0 Å². The Morgan fingerprint density at radius 2 is 1.90 bits per heavy atom. The molecule has 3 atom stereocenters. The summed E-state index contributed by atoms with van der Waals surface area (Å²) >= 11 is 0. The molecule has 0 spiro atoms. The van der Waals surface area contributed by atoms with E-state index in [1.54, 1.807) is 0 Å². The van der Waals surface area contributed by atoms with Gasteiger partial charge in [0, 0.05) is 17.8 Å². The highest BCUT2D eigenvalue weighted by molar-refractivity contribution is 5.47. The van der Waals surface area contributed by atoms with Crippen LogP contribution in [0.4, 0.5) is 5.69 Å². The van der Waals surface area contributed by atoms with Gasteiger partial charge in [0.25, 0.3) is 0 Å². The predicted octanol–water partition coefficient (Wildman–Crippen LogP) is 3.81. The fourth-order valence-electron chi connectivity index (χ4n) is 3.93. The van der Waals surface area contributed by atoms with Crippen molar-refractivity contribution < 1.29 is 4.74 Å². The average molecular weight is 288 g/mol. The molecule has 116 valence electrons. The van der Waals surface area contributed by atoms with Gasteiger partial charge in [-0.05, 0) is 69.3 Å². The highest BCUT2D eigenvalue weighted by Gasteiger charge is 2.33. The van der Waals surface area contributed by atoms with E-state index in [1.165, 1.54) is 50.8 Å². The van der Waals surface area contributed by atoms with Gasteiger partial charge in [-0.2, -0.15) is 0 Å². The maximum atomic E-state index is 5.52. The lowest BCUT2D eigenvalue weighted by atomic mass is 9.79. The van der Waals surface area contributed by atoms with Crippen LogP contribution in [0.2, 0.25) is 0 Å². The van der Waals surface area contributed by atoms with Gasteiger partial charge < -0.3 is 15.4 Å². The van der Waals surface area contributed by atoms with E-state index in [1.807, 2.05) is 6.92 Å². The normalized spacial score (nSPS) is 29.3. The molecule has 2 aliphatic rings. The summed E-state index contributed by atoms with van der Waals surface area (Å²) in [7, 11) is 0. The smallest absolute Gasteiger partial charge is 0.119 e. The predicted molar refractivity (Wildman–Crippen MR) is 88.0 cm³/mol. The van der Waals surface area contributed by atoms with E-state index in [-0.39, 0.29) is 0 Å². The minimum atomic E-state index is 0.618. The molecule has 1 saturated carbocycles. The third-order valence-electron chi connectivity index (χ3n) is 4.95. The average Bonchev–Trinajstić information content (AvgIpc) is 3.04. The second-order valence-electron chi connectivity index (χ2n) is 6.36. The Kier molecular flexibility index (Phi) is 5.02. The van der Waals surface area contributed by atoms with Gasteiger partial charge >= 0.3 is 0 Å². The quantitative estimate of drug-likeness (QED) is 0.864. The van der Waals surface area contributed by atoms with Gasteiger partial charge in [-0.3, -0.25) is 0 Å². The molecule has 1 aromatic carbocycles. The summed E-state index contributed by atoms with van der Waals surface area (Å²) in [5.74, 6) is 1.74. The van der Waals surface area contributed by atoms with Crippen molar-refractivity contribution in [3.8, 4) is 5.75 Å². The second-order valence-corrected chi connectivity index (χ2v) is 6.36. The number of nitrogens with one attached hydrogen (secondary N) is 2. The molecule has 1 heterocycles. The molecule has 21 heavy (non-hydrogen) atoms. The topological polar surface area (TPSA) is 33.3 Å². The molecule has 0 bridgehead atoms. The molecular weight excluding hydrogens is 260 g/mol. The van der Waals surface area contributed by atoms with E-state index in [9.17, 15) is 0 Å². The highest BCUT2D eigenvalue weighted by atomic mass is 16.5. The number of hydrogen-bond donors (Lipinski definition) is 2. The molecule has 3 heteroatoms. The molecule has 1 saturated heterocycles. The van der Waals surface area contributed by atoms with Crippen LogP contribution in [0.25, 0.3) is 0 Å². The fourth-order valence-corrected chi connectivity index (χ4v) is 3.93. The van der Waals surface area contributed by atoms with Crippen molar-refractivity contribution in [3.05, 3.63) is 24.3 Å². The van der Waals surface area contributed by atoms with Crippen molar-refractivity contribution in [3.63, 3.8) is 0 Å². The van der Waals surface area contributed by atoms with Crippen LogP contribution in [-0.2, 0) is 0 Å². The lowest BCUT2D eigenvalue weighted by Gasteiger charge is -2.36. The summed E-state index contributed by atoms with van der Waals surface area (Å²) < 4.78 is 5.52. The van der Waals surface area contributed by atoms with Gasteiger partial charge in [0.15, 0.2) is 0 Å². The van der Waals surface area contributed by atoms with E-state index >= 15 is 0 Å². The minimum Gasteiger partial charge on any atom is -0.494 e. The first-order chi connectivity index (χ1) is 10.4. The van der Waals surface area contributed by atoms with Crippen molar-refractivity contribution in [2.24, 2.45) is 5.92 Å². The Morgan fingerprint density at radius 3 is 2.62 bits per heavy atom. The summed E-state index contributed by atoms with van der Waals surface area (Å²) in [6, 6.07) is 9.78. The van der Waals surface area contributed by atoms with E-state index < -0.39 is 0 Å². The molecule has 3 nitrogen and oxygen atoms in total. The first-order valence-corrected chi connectivity index (χ1v) is 8.59. The third kappa shape index (κ3) is 3.70. The number of benzene rings is 1.